The maximum Gasteiger partial charge on any atom is 0.143 e. The smallest absolute Gasteiger partial charge is 0.143 e. The Balaban J connectivity index is 0.00000213. The fourth-order valence-electron chi connectivity index (χ4n) is 8.72. The van der Waals surface area contributed by atoms with E-state index in [2.05, 4.69) is 174 Å². The average molecular weight is 777 g/mol. The lowest BCUT2D eigenvalue weighted by Gasteiger charge is -2.31. The van der Waals surface area contributed by atoms with E-state index in [0.717, 1.165) is 91.2 Å². The highest BCUT2D eigenvalue weighted by molar-refractivity contribution is 6.10. The summed E-state index contributed by atoms with van der Waals surface area (Å²) in [5.74, 6) is 1.68. The molecule has 290 valence electrons. The van der Waals surface area contributed by atoms with Crippen LogP contribution < -0.4 is 9.64 Å². The predicted octanol–water partition coefficient (Wildman–Crippen LogP) is 15.7. The molecule has 0 amide bonds. The van der Waals surface area contributed by atoms with Crippen molar-refractivity contribution in [2.75, 3.05) is 4.90 Å². The van der Waals surface area contributed by atoms with Gasteiger partial charge < -0.3 is 18.6 Å². The van der Waals surface area contributed by atoms with Crippen LogP contribution in [0.2, 0.25) is 0 Å². The highest BCUT2D eigenvalue weighted by atomic mass is 16.5. The predicted molar refractivity (Wildman–Crippen MR) is 252 cm³/mol. The van der Waals surface area contributed by atoms with Gasteiger partial charge in [-0.25, -0.2) is 0 Å². The number of benzene rings is 7. The number of anilines is 2. The SMILES string of the molecule is C=C1/C=C\C=C(\C2=CC=C(N(c3ccc(-c4cccc5c4oc4ccccc45)cc3)c3cccc(-n4c5ccccc5c5ccccc54)c3)CC2)Oc2ccccc21.CC. The number of rotatable bonds is 6. The van der Waals surface area contributed by atoms with Crippen molar-refractivity contribution in [1.82, 2.24) is 4.57 Å². The molecular weight excluding hydrogens is 733 g/mol. The highest BCUT2D eigenvalue weighted by Gasteiger charge is 2.22. The zero-order valence-corrected chi connectivity index (χ0v) is 33.8. The molecule has 11 rings (SSSR count). The first kappa shape index (κ1) is 36.8. The van der Waals surface area contributed by atoms with E-state index >= 15 is 0 Å². The van der Waals surface area contributed by atoms with Crippen LogP contribution in [0.1, 0.15) is 32.3 Å². The third kappa shape index (κ3) is 6.43. The summed E-state index contributed by atoms with van der Waals surface area (Å²) in [6.07, 6.45) is 12.3. The largest absolute Gasteiger partial charge is 0.456 e. The highest BCUT2D eigenvalue weighted by Crippen LogP contribution is 2.41. The summed E-state index contributed by atoms with van der Waals surface area (Å²) in [4.78, 5) is 2.41. The first-order valence-electron chi connectivity index (χ1n) is 20.8. The van der Waals surface area contributed by atoms with E-state index in [4.69, 9.17) is 9.15 Å². The van der Waals surface area contributed by atoms with E-state index in [1.165, 1.54) is 27.5 Å². The van der Waals surface area contributed by atoms with Crippen LogP contribution in [0, 0.1) is 0 Å². The quantitative estimate of drug-likeness (QED) is 0.168. The molecule has 4 nitrogen and oxygen atoms in total. The summed E-state index contributed by atoms with van der Waals surface area (Å²) in [6.45, 7) is 8.25. The maximum absolute atomic E-state index is 6.57. The van der Waals surface area contributed by atoms with Gasteiger partial charge in [-0.15, -0.1) is 0 Å². The van der Waals surface area contributed by atoms with Crippen molar-refractivity contribution in [1.29, 1.82) is 0 Å². The Morgan fingerprint density at radius 1 is 0.567 bits per heavy atom. The van der Waals surface area contributed by atoms with Gasteiger partial charge in [-0.1, -0.05) is 148 Å². The number of furan rings is 1. The zero-order valence-electron chi connectivity index (χ0n) is 33.8. The van der Waals surface area contributed by atoms with E-state index in [-0.39, 0.29) is 0 Å². The van der Waals surface area contributed by atoms with Gasteiger partial charge in [0.25, 0.3) is 0 Å². The molecule has 0 radical (unpaired) electrons. The van der Waals surface area contributed by atoms with E-state index < -0.39 is 0 Å². The number of hydrogen-bond donors (Lipinski definition) is 0. The summed E-state index contributed by atoms with van der Waals surface area (Å²) in [5, 5.41) is 4.75. The van der Waals surface area contributed by atoms with Crippen LogP contribution in [0.15, 0.2) is 222 Å². The number of hydrogen-bond acceptors (Lipinski definition) is 3. The molecular formula is C56H44N2O2. The lowest BCUT2D eigenvalue weighted by atomic mass is 9.97. The Morgan fingerprint density at radius 2 is 1.23 bits per heavy atom. The normalized spacial score (nSPS) is 15.2. The number of allylic oxidation sites excluding steroid dienone is 8. The van der Waals surface area contributed by atoms with Gasteiger partial charge in [0.05, 0.1) is 11.0 Å². The van der Waals surface area contributed by atoms with E-state index in [9.17, 15) is 0 Å². The summed E-state index contributed by atoms with van der Waals surface area (Å²) >= 11 is 0. The number of nitrogens with zero attached hydrogens (tertiary/aromatic N) is 2. The molecule has 2 aromatic heterocycles. The van der Waals surface area contributed by atoms with Gasteiger partial charge in [0.2, 0.25) is 0 Å². The van der Waals surface area contributed by atoms with Crippen LogP contribution in [0.25, 0.3) is 66.1 Å². The third-order valence-electron chi connectivity index (χ3n) is 11.5. The Bertz CT molecular complexity index is 3170. The molecule has 3 heterocycles. The van der Waals surface area contributed by atoms with Crippen molar-refractivity contribution in [2.24, 2.45) is 0 Å². The first-order valence-corrected chi connectivity index (χ1v) is 20.8. The van der Waals surface area contributed by atoms with Crippen molar-refractivity contribution in [2.45, 2.75) is 26.7 Å². The molecule has 0 spiro atoms. The van der Waals surface area contributed by atoms with Crippen LogP contribution in [0.4, 0.5) is 11.4 Å². The van der Waals surface area contributed by atoms with Crippen molar-refractivity contribution in [3.8, 4) is 22.6 Å². The fraction of sp³-hybridized carbons (Fsp3) is 0.0714. The molecule has 60 heavy (non-hydrogen) atoms. The Hall–Kier alpha value is -7.56. The second kappa shape index (κ2) is 15.7. The first-order chi connectivity index (χ1) is 29.7. The van der Waals surface area contributed by atoms with Crippen molar-refractivity contribution >= 4 is 60.7 Å². The topological polar surface area (TPSA) is 30.5 Å². The summed E-state index contributed by atoms with van der Waals surface area (Å²) in [5.41, 5.74) is 14.0. The van der Waals surface area contributed by atoms with Crippen LogP contribution >= 0.6 is 0 Å². The minimum atomic E-state index is 0.820. The van der Waals surface area contributed by atoms with Gasteiger partial charge in [-0.2, -0.15) is 0 Å². The Morgan fingerprint density at radius 3 is 2.00 bits per heavy atom. The molecule has 0 N–H and O–H groups in total. The standard InChI is InChI=1S/C54H38N2O2.C2H6/c1-36-13-10-26-51(57-52-24-8-4-16-43(36)52)38-29-33-40(34-30-38)55(39-31-27-37(28-32-39)44-20-12-21-48-47-19-5-9-25-53(47)58-54(44)48)41-14-11-15-42(35-41)56-49-22-6-2-17-45(49)46-18-3-7-23-50(46)56;1-2/h2-29,31-33,35H,1,30,34H2;1-2H3/b13-10-,51-26-;. The molecule has 7 aromatic carbocycles. The van der Waals surface area contributed by atoms with Gasteiger partial charge >= 0.3 is 0 Å². The van der Waals surface area contributed by atoms with Crippen LogP contribution in [-0.4, -0.2) is 4.57 Å². The monoisotopic (exact) mass is 776 g/mol. The molecule has 0 unspecified atom stereocenters. The second-order valence-corrected chi connectivity index (χ2v) is 14.9. The van der Waals surface area contributed by atoms with E-state index in [0.29, 0.717) is 0 Å². The van der Waals surface area contributed by atoms with Crippen LogP contribution in [0.3, 0.4) is 0 Å². The lowest BCUT2D eigenvalue weighted by molar-refractivity contribution is 0.429. The summed E-state index contributed by atoms with van der Waals surface area (Å²) < 4.78 is 15.4. The Labute approximate surface area is 350 Å². The van der Waals surface area contributed by atoms with Crippen molar-refractivity contribution < 1.29 is 9.15 Å². The van der Waals surface area contributed by atoms with Gasteiger partial charge in [0.1, 0.15) is 22.7 Å². The molecule has 0 bridgehead atoms. The van der Waals surface area contributed by atoms with Crippen LogP contribution in [-0.2, 0) is 0 Å². The maximum atomic E-state index is 6.57. The Kier molecular flexibility index (Phi) is 9.59. The number of aromatic nitrogens is 1. The van der Waals surface area contributed by atoms with E-state index in [1.807, 2.05) is 50.3 Å². The molecule has 1 aliphatic carbocycles. The molecule has 9 aromatic rings. The average Bonchev–Trinajstić information content (AvgIpc) is 3.86. The molecule has 1 aliphatic heterocycles. The van der Waals surface area contributed by atoms with Gasteiger partial charge in [-0.05, 0) is 96.3 Å². The van der Waals surface area contributed by atoms with Gasteiger partial charge in [0, 0.05) is 55.4 Å². The number of para-hydroxylation sites is 5. The van der Waals surface area contributed by atoms with Crippen molar-refractivity contribution in [3.05, 3.63) is 223 Å². The molecule has 0 atom stereocenters. The number of fused-ring (bicyclic) bond motifs is 7. The second-order valence-electron chi connectivity index (χ2n) is 14.9. The zero-order chi connectivity index (χ0) is 40.6. The molecule has 0 fully saturated rings. The van der Waals surface area contributed by atoms with E-state index in [1.54, 1.807) is 0 Å². The summed E-state index contributed by atoms with van der Waals surface area (Å²) in [7, 11) is 0. The van der Waals surface area contributed by atoms with Crippen molar-refractivity contribution in [3.63, 3.8) is 0 Å². The molecule has 0 saturated heterocycles. The fourth-order valence-corrected chi connectivity index (χ4v) is 8.72. The minimum absolute atomic E-state index is 0.820. The molecule has 0 saturated carbocycles. The molecule has 4 heteroatoms. The summed E-state index contributed by atoms with van der Waals surface area (Å²) in [6, 6.07) is 58.0. The third-order valence-corrected chi connectivity index (χ3v) is 11.5. The van der Waals surface area contributed by atoms with Gasteiger partial charge in [-0.3, -0.25) is 0 Å². The van der Waals surface area contributed by atoms with Gasteiger partial charge in [0.15, 0.2) is 0 Å². The molecule has 2 aliphatic rings. The van der Waals surface area contributed by atoms with Crippen LogP contribution in [0.5, 0.6) is 5.75 Å². The number of ether oxygens (including phenoxy) is 1. The minimum Gasteiger partial charge on any atom is -0.456 e. The lowest BCUT2D eigenvalue weighted by Crippen LogP contribution is -2.19.